The molecule has 2 heterocycles. The van der Waals surface area contributed by atoms with Crippen LogP contribution in [0.1, 0.15) is 81.1 Å². The fraction of sp³-hybridized carbons (Fsp3) is 0.788. The molecule has 2 fully saturated rings. The Morgan fingerprint density at radius 3 is 2.04 bits per heavy atom. The number of hydrogen-bond donors (Lipinski definition) is 4. The molecule has 0 saturated carbocycles. The summed E-state index contributed by atoms with van der Waals surface area (Å²) in [7, 11) is -3.45. The molecule has 0 bridgehead atoms. The van der Waals surface area contributed by atoms with Crippen molar-refractivity contribution in [3.63, 3.8) is 0 Å². The predicted octanol–water partition coefficient (Wildman–Crippen LogP) is 2.72. The molecule has 0 spiro atoms. The molecule has 0 aromatic rings. The molecule has 0 aromatic heterocycles. The first-order valence-electron chi connectivity index (χ1n) is 17.0. The van der Waals surface area contributed by atoms with Crippen molar-refractivity contribution in [2.75, 3.05) is 31.9 Å². The minimum Gasteiger partial charge on any atom is -0.346 e. The van der Waals surface area contributed by atoms with Gasteiger partial charge in [-0.1, -0.05) is 61.5 Å². The van der Waals surface area contributed by atoms with Gasteiger partial charge in [0, 0.05) is 38.6 Å². The molecule has 17 heteroatoms. The molecule has 5 atom stereocenters. The number of hydrogen-bond acceptors (Lipinski definition) is 7. The molecular formula is C33H55F3N6O7S. The highest BCUT2D eigenvalue weighted by molar-refractivity contribution is 7.89. The van der Waals surface area contributed by atoms with Crippen molar-refractivity contribution in [1.29, 1.82) is 0 Å². The Morgan fingerprint density at radius 2 is 1.56 bits per heavy atom. The van der Waals surface area contributed by atoms with Gasteiger partial charge in [0.25, 0.3) is 5.91 Å². The zero-order chi connectivity index (χ0) is 38.4. The average molecular weight is 737 g/mol. The van der Waals surface area contributed by atoms with E-state index in [1.807, 2.05) is 34.6 Å². The molecule has 2 rings (SSSR count). The highest BCUT2D eigenvalue weighted by atomic mass is 32.2. The van der Waals surface area contributed by atoms with Crippen molar-refractivity contribution in [2.24, 2.45) is 22.7 Å². The molecule has 4 N–H and O–H groups in total. The summed E-state index contributed by atoms with van der Waals surface area (Å²) in [5.74, 6) is -4.54. The number of rotatable bonds is 14. The van der Waals surface area contributed by atoms with Crippen LogP contribution in [0, 0.1) is 22.7 Å². The van der Waals surface area contributed by atoms with E-state index in [0.717, 1.165) is 0 Å². The Bertz CT molecular complexity index is 1370. The summed E-state index contributed by atoms with van der Waals surface area (Å²) in [6.45, 7) is 18.1. The molecule has 1 unspecified atom stereocenters. The summed E-state index contributed by atoms with van der Waals surface area (Å²) in [6.07, 6.45) is -4.87. The Morgan fingerprint density at radius 1 is 0.940 bits per heavy atom. The second-order valence-electron chi connectivity index (χ2n) is 15.6. The van der Waals surface area contributed by atoms with Gasteiger partial charge in [-0.2, -0.15) is 17.5 Å². The van der Waals surface area contributed by atoms with Gasteiger partial charge < -0.3 is 26.2 Å². The van der Waals surface area contributed by atoms with E-state index in [1.54, 1.807) is 20.8 Å². The molecule has 2 aliphatic rings. The van der Waals surface area contributed by atoms with Crippen LogP contribution in [0.15, 0.2) is 12.7 Å². The monoisotopic (exact) mass is 736 g/mol. The summed E-state index contributed by atoms with van der Waals surface area (Å²) in [6, 6.07) is -5.56. The lowest BCUT2D eigenvalue weighted by Crippen LogP contribution is -2.62. The summed E-state index contributed by atoms with van der Waals surface area (Å²) >= 11 is 0. The number of nitrogens with one attached hydrogen (secondary N) is 4. The lowest BCUT2D eigenvalue weighted by Gasteiger charge is -2.38. The number of carbonyl (C=O) groups excluding carboxylic acids is 5. The quantitative estimate of drug-likeness (QED) is 0.157. The van der Waals surface area contributed by atoms with Crippen LogP contribution in [-0.4, -0.2) is 109 Å². The largest absolute Gasteiger partial charge is 0.389 e. The van der Waals surface area contributed by atoms with Gasteiger partial charge in [0.2, 0.25) is 27.6 Å². The number of urea groups is 1. The lowest BCUT2D eigenvalue weighted by atomic mass is 9.84. The molecular weight excluding hydrogens is 681 g/mol. The molecule has 2 aliphatic heterocycles. The minimum absolute atomic E-state index is 0.0261. The van der Waals surface area contributed by atoms with Gasteiger partial charge in [-0.25, -0.2) is 13.2 Å². The van der Waals surface area contributed by atoms with Crippen LogP contribution in [0.5, 0.6) is 0 Å². The lowest BCUT2D eigenvalue weighted by molar-refractivity contribution is -0.147. The van der Waals surface area contributed by atoms with E-state index in [1.165, 1.54) is 15.3 Å². The third-order valence-electron chi connectivity index (χ3n) is 9.16. The Kier molecular flexibility index (Phi) is 14.5. The number of Topliss-reactive ketones (excluding diaryl/α,β-unsaturated/α-hetero) is 1. The van der Waals surface area contributed by atoms with Crippen LogP contribution in [-0.2, 0) is 29.2 Å². The molecule has 5 amide bonds. The number of sulfonamides is 1. The number of amides is 5. The highest BCUT2D eigenvalue weighted by Gasteiger charge is 2.48. The van der Waals surface area contributed by atoms with Crippen molar-refractivity contribution in [3.8, 4) is 0 Å². The van der Waals surface area contributed by atoms with Gasteiger partial charge in [-0.05, 0) is 41.9 Å². The fourth-order valence-corrected chi connectivity index (χ4v) is 7.66. The molecule has 0 aromatic carbocycles. The molecule has 50 heavy (non-hydrogen) atoms. The van der Waals surface area contributed by atoms with Crippen LogP contribution in [0.25, 0.3) is 0 Å². The van der Waals surface area contributed by atoms with Crippen molar-refractivity contribution in [2.45, 2.75) is 111 Å². The van der Waals surface area contributed by atoms with Gasteiger partial charge in [0.15, 0.2) is 0 Å². The van der Waals surface area contributed by atoms with E-state index in [9.17, 15) is 45.6 Å². The third kappa shape index (κ3) is 11.9. The second-order valence-corrected chi connectivity index (χ2v) is 17.7. The number of ketones is 1. The van der Waals surface area contributed by atoms with Crippen molar-refractivity contribution in [1.82, 2.24) is 30.5 Å². The first-order valence-corrected chi connectivity index (χ1v) is 18.6. The Balaban J connectivity index is 2.37. The number of halogens is 3. The fourth-order valence-electron chi connectivity index (χ4n) is 6.12. The maximum atomic E-state index is 14.3. The van der Waals surface area contributed by atoms with Crippen LogP contribution in [0.3, 0.4) is 0 Å². The number of carbonyl (C=O) groups is 5. The van der Waals surface area contributed by atoms with Gasteiger partial charge >= 0.3 is 12.2 Å². The molecule has 0 radical (unpaired) electrons. The van der Waals surface area contributed by atoms with E-state index in [0.29, 0.717) is 19.4 Å². The summed E-state index contributed by atoms with van der Waals surface area (Å²) in [5, 5.41) is 10.1. The molecule has 13 nitrogen and oxygen atoms in total. The van der Waals surface area contributed by atoms with Crippen molar-refractivity contribution in [3.05, 3.63) is 12.7 Å². The number of likely N-dealkylation sites (tertiary alicyclic amines) is 1. The Hall–Kier alpha value is -3.21. The molecule has 0 aliphatic carbocycles. The van der Waals surface area contributed by atoms with Crippen molar-refractivity contribution >= 4 is 39.6 Å². The predicted molar refractivity (Wildman–Crippen MR) is 182 cm³/mol. The number of nitrogens with zero attached hydrogens (tertiary/aromatic N) is 2. The van der Waals surface area contributed by atoms with E-state index >= 15 is 0 Å². The SMILES string of the molecule is C=CCNC(=O)C(=O)C(CCC(F)(F)F)NC(=O)[C@@H]1[C@@H](C(C)C)CCN1C(=O)[C@@H](NC(=O)N[C@H](CN1CCCS1(=O)=O)C(C)(C)C)C(C)(C)C. The first-order chi connectivity index (χ1) is 22.8. The van der Waals surface area contributed by atoms with Crippen molar-refractivity contribution < 1.29 is 45.6 Å². The maximum absolute atomic E-state index is 14.3. The van der Waals surface area contributed by atoms with Gasteiger partial charge in [-0.3, -0.25) is 19.2 Å². The van der Waals surface area contributed by atoms with Crippen LogP contribution >= 0.6 is 0 Å². The number of alkyl halides is 3. The van der Waals surface area contributed by atoms with E-state index in [-0.39, 0.29) is 31.3 Å². The van der Waals surface area contributed by atoms with E-state index < -0.39 is 99.5 Å². The van der Waals surface area contributed by atoms with Gasteiger partial charge in [0.05, 0.1) is 11.8 Å². The zero-order valence-corrected chi connectivity index (χ0v) is 31.2. The maximum Gasteiger partial charge on any atom is 0.389 e. The zero-order valence-electron chi connectivity index (χ0n) is 30.4. The Labute approximate surface area is 294 Å². The minimum atomic E-state index is -4.67. The average Bonchev–Trinajstić information content (AvgIpc) is 3.57. The summed E-state index contributed by atoms with van der Waals surface area (Å²) in [4.78, 5) is 68.3. The van der Waals surface area contributed by atoms with E-state index in [4.69, 9.17) is 0 Å². The molecule has 286 valence electrons. The normalized spacial score (nSPS) is 21.6. The summed E-state index contributed by atoms with van der Waals surface area (Å²) < 4.78 is 65.9. The van der Waals surface area contributed by atoms with Crippen LogP contribution in [0.2, 0.25) is 0 Å². The van der Waals surface area contributed by atoms with Crippen LogP contribution < -0.4 is 21.3 Å². The standard InChI is InChI=1S/C33H55F3N6O7S/c1-10-15-37-28(45)25(43)22(12-14-33(34,35)36)38-27(44)24-21(20(2)3)13-17-42(24)29(46)26(32(7,8)9)40-30(47)39-23(31(4,5)6)19-41-16-11-18-50(41,48)49/h10,20-24,26H,1,11-19H2,2-9H3,(H,37,45)(H,38,44)(H2,39,40,47)/t21-,22?,23-,24+,26-/m1/s1. The van der Waals surface area contributed by atoms with Gasteiger partial charge in [-0.15, -0.1) is 6.58 Å². The summed E-state index contributed by atoms with van der Waals surface area (Å²) in [5.41, 5.74) is -1.46. The third-order valence-corrected chi connectivity index (χ3v) is 11.1. The topological polar surface area (TPSA) is 174 Å². The smallest absolute Gasteiger partial charge is 0.346 e. The first kappa shape index (κ1) is 43.0. The van der Waals surface area contributed by atoms with Gasteiger partial charge in [0.1, 0.15) is 12.1 Å². The highest BCUT2D eigenvalue weighted by Crippen LogP contribution is 2.34. The van der Waals surface area contributed by atoms with E-state index in [2.05, 4.69) is 27.8 Å². The van der Waals surface area contributed by atoms with Crippen LogP contribution in [0.4, 0.5) is 18.0 Å². The second kappa shape index (κ2) is 16.9. The molecule has 2 saturated heterocycles.